The fourth-order valence-corrected chi connectivity index (χ4v) is 4.45. The average Bonchev–Trinajstić information content (AvgIpc) is 2.65. The number of aromatic nitrogens is 1. The van der Waals surface area contributed by atoms with Crippen LogP contribution in [0.15, 0.2) is 24.3 Å². The van der Waals surface area contributed by atoms with E-state index in [0.29, 0.717) is 0 Å². The van der Waals surface area contributed by atoms with Gasteiger partial charge in [-0.25, -0.2) is 0 Å². The van der Waals surface area contributed by atoms with E-state index in [9.17, 15) is 5.11 Å². The second-order valence-corrected chi connectivity index (χ2v) is 8.28. The van der Waals surface area contributed by atoms with Gasteiger partial charge in [-0.15, -0.1) is 0 Å². The van der Waals surface area contributed by atoms with Gasteiger partial charge in [-0.2, -0.15) is 0 Å². The zero-order chi connectivity index (χ0) is 15.4. The van der Waals surface area contributed by atoms with Gasteiger partial charge in [0.05, 0.1) is 11.8 Å². The van der Waals surface area contributed by atoms with Gasteiger partial charge < -0.3 is 9.67 Å². The molecule has 1 aliphatic rings. The molecule has 4 heteroatoms. The van der Waals surface area contributed by atoms with Crippen LogP contribution in [-0.4, -0.2) is 9.67 Å². The van der Waals surface area contributed by atoms with E-state index in [-0.39, 0.29) is 11.5 Å². The second kappa shape index (κ2) is 5.28. The maximum atomic E-state index is 10.5. The third-order valence-corrected chi connectivity index (χ3v) is 5.32. The van der Waals surface area contributed by atoms with E-state index in [1.54, 1.807) is 0 Å². The molecular weight excluding hydrogens is 397 g/mol. The average molecular weight is 416 g/mol. The molecule has 0 saturated carbocycles. The Morgan fingerprint density at radius 2 is 2.05 bits per heavy atom. The lowest BCUT2D eigenvalue weighted by Gasteiger charge is -2.34. The van der Waals surface area contributed by atoms with Crippen molar-refractivity contribution >= 4 is 34.2 Å². The Balaban J connectivity index is 2.21. The van der Waals surface area contributed by atoms with Gasteiger partial charge in [0.25, 0.3) is 0 Å². The maximum absolute atomic E-state index is 10.5. The van der Waals surface area contributed by atoms with Crippen molar-refractivity contribution in [1.29, 1.82) is 0 Å². The summed E-state index contributed by atoms with van der Waals surface area (Å²) in [5.41, 5.74) is 4.74. The quantitative estimate of drug-likeness (QED) is 0.648. The number of rotatable bonds is 1. The molecule has 1 heterocycles. The number of benzene rings is 1. The number of nitrogens with zero attached hydrogens (tertiary/aromatic N) is 1. The Kier molecular flexibility index (Phi) is 3.87. The highest BCUT2D eigenvalue weighted by Crippen LogP contribution is 2.43. The molecule has 0 saturated heterocycles. The molecule has 0 aliphatic heterocycles. The van der Waals surface area contributed by atoms with Gasteiger partial charge in [-0.1, -0.05) is 25.4 Å². The number of aliphatic hydroxyl groups is 1. The Morgan fingerprint density at radius 3 is 2.71 bits per heavy atom. The highest BCUT2D eigenvalue weighted by Gasteiger charge is 2.34. The van der Waals surface area contributed by atoms with Crippen molar-refractivity contribution in [1.82, 2.24) is 4.57 Å². The molecule has 2 nitrogen and oxygen atoms in total. The minimum Gasteiger partial charge on any atom is -0.388 e. The molecule has 1 atom stereocenters. The zero-order valence-electron chi connectivity index (χ0n) is 12.5. The Hall–Kier alpha value is -0.520. The molecule has 1 aromatic carbocycles. The van der Waals surface area contributed by atoms with Crippen LogP contribution < -0.4 is 0 Å². The summed E-state index contributed by atoms with van der Waals surface area (Å²) in [6.07, 6.45) is 1.43. The molecule has 112 valence electrons. The predicted molar refractivity (Wildman–Crippen MR) is 95.3 cm³/mol. The molecule has 1 unspecified atom stereocenters. The van der Waals surface area contributed by atoms with E-state index in [4.69, 9.17) is 11.6 Å². The largest absolute Gasteiger partial charge is 0.388 e. The summed E-state index contributed by atoms with van der Waals surface area (Å²) in [6, 6.07) is 8.09. The van der Waals surface area contributed by atoms with Crippen molar-refractivity contribution in [2.45, 2.75) is 39.7 Å². The summed E-state index contributed by atoms with van der Waals surface area (Å²) in [5.74, 6) is 0. The number of halogens is 2. The highest BCUT2D eigenvalue weighted by atomic mass is 127. The molecular formula is C17H19ClINO. The number of fused-ring (bicyclic) bond motifs is 1. The van der Waals surface area contributed by atoms with Crippen molar-refractivity contribution in [2.24, 2.45) is 5.41 Å². The monoisotopic (exact) mass is 415 g/mol. The van der Waals surface area contributed by atoms with Crippen LogP contribution in [0.25, 0.3) is 5.69 Å². The highest BCUT2D eigenvalue weighted by molar-refractivity contribution is 14.1. The van der Waals surface area contributed by atoms with Gasteiger partial charge in [-0.3, -0.25) is 0 Å². The zero-order valence-corrected chi connectivity index (χ0v) is 15.4. The first-order valence-electron chi connectivity index (χ1n) is 7.13. The summed E-state index contributed by atoms with van der Waals surface area (Å²) in [4.78, 5) is 0. The fourth-order valence-electron chi connectivity index (χ4n) is 3.34. The number of hydrogen-bond acceptors (Lipinski definition) is 1. The molecule has 0 radical (unpaired) electrons. The molecule has 1 N–H and O–H groups in total. The summed E-state index contributed by atoms with van der Waals surface area (Å²) in [5, 5.41) is 11.2. The van der Waals surface area contributed by atoms with Crippen molar-refractivity contribution in [2.75, 3.05) is 0 Å². The molecule has 1 aromatic heterocycles. The second-order valence-electron chi connectivity index (χ2n) is 6.68. The van der Waals surface area contributed by atoms with Crippen LogP contribution in [0.1, 0.15) is 43.3 Å². The lowest BCUT2D eigenvalue weighted by atomic mass is 9.75. The van der Waals surface area contributed by atoms with E-state index in [0.717, 1.165) is 38.4 Å². The normalized spacial score (nSPS) is 20.4. The van der Waals surface area contributed by atoms with E-state index < -0.39 is 0 Å². The maximum Gasteiger partial charge on any atom is 0.0812 e. The van der Waals surface area contributed by atoms with E-state index in [1.807, 2.05) is 12.1 Å². The van der Waals surface area contributed by atoms with Crippen LogP contribution in [0, 0.1) is 15.9 Å². The van der Waals surface area contributed by atoms with E-state index >= 15 is 0 Å². The fraction of sp³-hybridized carbons (Fsp3) is 0.412. The molecule has 0 spiro atoms. The topological polar surface area (TPSA) is 25.2 Å². The standard InChI is InChI=1S/C17H19ClINO/c1-10-6-12-15(8-17(2,3)9-16(12)21)20(10)14-5-4-11(18)7-13(14)19/h4-7,16,21H,8-9H2,1-3H3. The molecule has 3 rings (SSSR count). The Labute approximate surface area is 144 Å². The minimum absolute atomic E-state index is 0.118. The summed E-state index contributed by atoms with van der Waals surface area (Å²) in [6.45, 7) is 6.54. The first kappa shape index (κ1) is 15.4. The summed E-state index contributed by atoms with van der Waals surface area (Å²) < 4.78 is 3.40. The molecule has 0 bridgehead atoms. The predicted octanol–water partition coefficient (Wildman–Crippen LogP) is 5.05. The third kappa shape index (κ3) is 2.76. The van der Waals surface area contributed by atoms with E-state index in [1.165, 1.54) is 5.69 Å². The van der Waals surface area contributed by atoms with Crippen molar-refractivity contribution in [3.63, 3.8) is 0 Å². The van der Waals surface area contributed by atoms with Crippen molar-refractivity contribution < 1.29 is 5.11 Å². The van der Waals surface area contributed by atoms with Crippen LogP contribution in [-0.2, 0) is 6.42 Å². The van der Waals surface area contributed by atoms with Gasteiger partial charge in [-0.05, 0) is 72.0 Å². The van der Waals surface area contributed by atoms with Crippen LogP contribution in [0.5, 0.6) is 0 Å². The van der Waals surface area contributed by atoms with Gasteiger partial charge >= 0.3 is 0 Å². The van der Waals surface area contributed by atoms with E-state index in [2.05, 4.69) is 60.1 Å². The molecule has 2 aromatic rings. The first-order valence-corrected chi connectivity index (χ1v) is 8.59. The summed E-state index contributed by atoms with van der Waals surface area (Å²) in [7, 11) is 0. The lowest BCUT2D eigenvalue weighted by molar-refractivity contribution is 0.0987. The van der Waals surface area contributed by atoms with Gasteiger partial charge in [0.15, 0.2) is 0 Å². The van der Waals surface area contributed by atoms with Crippen LogP contribution in [0.3, 0.4) is 0 Å². The Morgan fingerprint density at radius 1 is 1.33 bits per heavy atom. The SMILES string of the molecule is Cc1cc2c(n1-c1ccc(Cl)cc1I)CC(C)(C)CC2O. The molecule has 0 amide bonds. The molecule has 0 fully saturated rings. The number of aryl methyl sites for hydroxylation is 1. The van der Waals surface area contributed by atoms with Crippen LogP contribution in [0.4, 0.5) is 0 Å². The minimum atomic E-state index is -0.367. The Bertz CT molecular complexity index is 705. The third-order valence-electron chi connectivity index (χ3n) is 4.22. The van der Waals surface area contributed by atoms with Crippen LogP contribution in [0.2, 0.25) is 5.02 Å². The van der Waals surface area contributed by atoms with Crippen molar-refractivity contribution in [3.8, 4) is 5.69 Å². The van der Waals surface area contributed by atoms with Crippen molar-refractivity contribution in [3.05, 3.63) is 49.8 Å². The van der Waals surface area contributed by atoms with Gasteiger partial charge in [0, 0.05) is 25.5 Å². The molecule has 21 heavy (non-hydrogen) atoms. The lowest BCUT2D eigenvalue weighted by Crippen LogP contribution is -2.26. The number of hydrogen-bond donors (Lipinski definition) is 1. The van der Waals surface area contributed by atoms with Gasteiger partial charge in [0.1, 0.15) is 0 Å². The molecule has 1 aliphatic carbocycles. The smallest absolute Gasteiger partial charge is 0.0812 e. The van der Waals surface area contributed by atoms with Gasteiger partial charge in [0.2, 0.25) is 0 Å². The number of aliphatic hydroxyl groups excluding tert-OH is 1. The van der Waals surface area contributed by atoms with Crippen LogP contribution >= 0.6 is 34.2 Å². The summed E-state index contributed by atoms with van der Waals surface area (Å²) >= 11 is 8.40. The first-order chi connectivity index (χ1) is 9.78.